The maximum Gasteiger partial charge on any atom is 0.416 e. The number of nitro benzene ring substituents is 1. The van der Waals surface area contributed by atoms with Crippen molar-refractivity contribution in [2.45, 2.75) is 38.2 Å². The third kappa shape index (κ3) is 29.9. The molecule has 0 spiro atoms. The van der Waals surface area contributed by atoms with Gasteiger partial charge in [-0.1, -0.05) is 72.1 Å². The van der Waals surface area contributed by atoms with Crippen molar-refractivity contribution in [2.75, 3.05) is 75.1 Å². The van der Waals surface area contributed by atoms with Gasteiger partial charge in [-0.2, -0.15) is 13.2 Å². The van der Waals surface area contributed by atoms with Gasteiger partial charge in [0, 0.05) is 31.8 Å². The second kappa shape index (κ2) is 34.9. The first-order valence-electron chi connectivity index (χ1n) is 20.3. The van der Waals surface area contributed by atoms with Crippen LogP contribution in [0.15, 0.2) is 79.9 Å². The lowest BCUT2D eigenvalue weighted by Crippen LogP contribution is -2.35. The highest BCUT2D eigenvalue weighted by molar-refractivity contribution is 7.94. The summed E-state index contributed by atoms with van der Waals surface area (Å²) in [6.07, 6.45) is 6.02. The average Bonchev–Trinajstić information content (AvgIpc) is 3.26. The number of anilines is 1. The second-order valence-electron chi connectivity index (χ2n) is 14.4. The van der Waals surface area contributed by atoms with Crippen molar-refractivity contribution in [1.82, 2.24) is 14.9 Å². The third-order valence-electron chi connectivity index (χ3n) is 7.77. The van der Waals surface area contributed by atoms with Gasteiger partial charge in [-0.25, -0.2) is 13.1 Å². The maximum absolute atomic E-state index is 12.7. The molecule has 4 N–H and O–H groups in total. The molecule has 0 aliphatic heterocycles. The minimum absolute atomic E-state index is 0.0371. The van der Waals surface area contributed by atoms with E-state index in [4.69, 9.17) is 65.9 Å². The predicted molar refractivity (Wildman–Crippen MR) is 275 cm³/mol. The van der Waals surface area contributed by atoms with E-state index < -0.39 is 80.1 Å². The Morgan fingerprint density at radius 2 is 1.60 bits per heavy atom. The van der Waals surface area contributed by atoms with Crippen LogP contribution in [-0.4, -0.2) is 127 Å². The van der Waals surface area contributed by atoms with E-state index >= 15 is 0 Å². The molecule has 404 valence electrons. The van der Waals surface area contributed by atoms with Crippen LogP contribution in [0, 0.1) is 17.0 Å². The highest BCUT2D eigenvalue weighted by Gasteiger charge is 2.31. The number of alkyl halides is 6. The van der Waals surface area contributed by atoms with Gasteiger partial charge < -0.3 is 33.8 Å². The van der Waals surface area contributed by atoms with Crippen molar-refractivity contribution in [3.8, 4) is 11.5 Å². The number of halogens is 7. The van der Waals surface area contributed by atoms with Crippen LogP contribution in [0.25, 0.3) is 0 Å². The molecule has 3 aromatic carbocycles. The van der Waals surface area contributed by atoms with Crippen LogP contribution >= 0.6 is 54.0 Å². The van der Waals surface area contributed by atoms with Gasteiger partial charge in [-0.05, 0) is 66.6 Å². The number of amides is 3. The first-order valence-corrected chi connectivity index (χ1v) is 28.2. The van der Waals surface area contributed by atoms with Gasteiger partial charge in [-0.15, -0.1) is 24.8 Å². The molecule has 0 radical (unpaired) electrons. The molecule has 0 aromatic heterocycles. The van der Waals surface area contributed by atoms with Gasteiger partial charge in [0.15, 0.2) is 4.84 Å². The average molecular weight is 1160 g/mol. The summed E-state index contributed by atoms with van der Waals surface area (Å²) in [5, 5.41) is 20.6. The van der Waals surface area contributed by atoms with Crippen LogP contribution in [-0.2, 0) is 57.2 Å². The van der Waals surface area contributed by atoms with Crippen molar-refractivity contribution in [1.29, 1.82) is 0 Å². The van der Waals surface area contributed by atoms with Crippen molar-refractivity contribution >= 4 is 110 Å². The standard InChI is InChI=1S/C15H10ClF3N2O6S.C14H20ClNO2.C8H11Cl2NO.C3H8NO5P.C3H9S/c1-28(25,26)20-14(22)10-7-9(3-4-12(10)21(23)24)27-13-5-2-8(6-11(13)16)15(17,18)19;1-4-12-8-6-7-11(3)14(12)16(10-18-5-2)13(17)9-15;1-3-5-11(6-4-2)8(12)7(9)10;5-3(6)1-4-2-10(7,8)9;1-4(2)3/h2-7H,1H3,(H,20,22);6-8H,4-5,9-10H2,1-3H3;3-4,7H,1-2,5-6H2;4H,1-2H2,(H,5,6)(H2,7,8,9);1-3H3/q;;;;+1/p-1. The molecule has 29 heteroatoms. The number of aliphatic carboxylic acids is 1. The summed E-state index contributed by atoms with van der Waals surface area (Å²) in [5.74, 6) is -3.34. The molecule has 72 heavy (non-hydrogen) atoms. The molecule has 0 saturated carbocycles. The number of rotatable bonds is 20. The lowest BCUT2D eigenvalue weighted by molar-refractivity contribution is -0.385. The number of hydrogen-bond acceptors (Lipinski definition) is 13. The van der Waals surface area contributed by atoms with Gasteiger partial charge in [0.05, 0.1) is 59.1 Å². The van der Waals surface area contributed by atoms with Crippen molar-refractivity contribution in [2.24, 2.45) is 0 Å². The second-order valence-corrected chi connectivity index (χ2v) is 21.9. The smallest absolute Gasteiger partial charge is 0.416 e. The van der Waals surface area contributed by atoms with Crippen molar-refractivity contribution in [3.05, 3.63) is 117 Å². The summed E-state index contributed by atoms with van der Waals surface area (Å²) in [6.45, 7) is 14.2. The summed E-state index contributed by atoms with van der Waals surface area (Å²) < 4.78 is 82.6. The zero-order valence-corrected chi connectivity index (χ0v) is 45.6. The topological polar surface area (TPSA) is 275 Å². The summed E-state index contributed by atoms with van der Waals surface area (Å²) in [6, 6.07) is 11.1. The number of carbonyl (C=O) groups is 4. The Hall–Kier alpha value is -4.46. The number of sulfonamides is 1. The molecule has 0 saturated heterocycles. The van der Waals surface area contributed by atoms with Crippen LogP contribution in [0.3, 0.4) is 0 Å². The number of para-hydroxylation sites is 1. The van der Waals surface area contributed by atoms with E-state index in [1.54, 1.807) is 21.8 Å². The molecule has 3 rings (SSSR count). The molecule has 0 aliphatic carbocycles. The fraction of sp³-hybridized carbons (Fsp3) is 0.395. The zero-order valence-electron chi connectivity index (χ0n) is 40.0. The Morgan fingerprint density at radius 1 is 1.03 bits per heavy atom. The van der Waals surface area contributed by atoms with E-state index in [1.807, 2.05) is 37.4 Å². The molecule has 3 aromatic rings. The van der Waals surface area contributed by atoms with E-state index in [2.05, 4.69) is 38.8 Å². The molecule has 0 bridgehead atoms. The molecule has 0 heterocycles. The Morgan fingerprint density at radius 3 is 2.01 bits per heavy atom. The van der Waals surface area contributed by atoms with Gasteiger partial charge in [0.25, 0.3) is 17.5 Å². The first kappa shape index (κ1) is 69.6. The molecule has 1 unspecified atom stereocenters. The number of nitrogens with one attached hydrogen (secondary N) is 2. The molecule has 19 nitrogen and oxygen atoms in total. The van der Waals surface area contributed by atoms with Gasteiger partial charge in [0.2, 0.25) is 15.9 Å². The van der Waals surface area contributed by atoms with E-state index in [9.17, 15) is 60.3 Å². The van der Waals surface area contributed by atoms with Crippen LogP contribution in [0.5, 0.6) is 11.5 Å². The Balaban J connectivity index is 0. The summed E-state index contributed by atoms with van der Waals surface area (Å²) in [7, 11) is -7.71. The quantitative estimate of drug-likeness (QED) is 0.0162. The Kier molecular flexibility index (Phi) is 33.7. The maximum atomic E-state index is 12.7. The lowest BCUT2D eigenvalue weighted by Gasteiger charge is -2.25. The fourth-order valence-corrected chi connectivity index (χ4v) is 6.43. The fourth-order valence-electron chi connectivity index (χ4n) is 4.95. The number of ether oxygens (including phenoxy) is 2. The normalized spacial score (nSPS) is 11.5. The minimum atomic E-state index is -4.62. The largest absolute Gasteiger partial charge is 0.778 e. The highest BCUT2D eigenvalue weighted by atomic mass is 35.5. The lowest BCUT2D eigenvalue weighted by atomic mass is 10.0. The summed E-state index contributed by atoms with van der Waals surface area (Å²) >= 11 is 22.2. The number of hydrogen-bond donors (Lipinski definition) is 4. The van der Waals surface area contributed by atoms with Crippen molar-refractivity contribution < 1.29 is 74.6 Å². The molecular weight excluding hydrogens is 1100 g/mol. The van der Waals surface area contributed by atoms with E-state index in [-0.39, 0.29) is 35.9 Å². The number of nitro groups is 1. The molecule has 0 fully saturated rings. The number of carbonyl (C=O) groups excluding carboxylic acids is 3. The van der Waals surface area contributed by atoms with Crippen LogP contribution in [0.1, 0.15) is 40.9 Å². The monoisotopic (exact) mass is 1160 g/mol. The van der Waals surface area contributed by atoms with Crippen LogP contribution in [0.2, 0.25) is 5.02 Å². The van der Waals surface area contributed by atoms with Crippen LogP contribution < -0.4 is 24.6 Å². The minimum Gasteiger partial charge on any atom is -0.778 e. The number of benzene rings is 3. The molecule has 3 amide bonds. The molecular formula is C43H57Cl4F3N5O14PS2. The van der Waals surface area contributed by atoms with Gasteiger partial charge >= 0.3 is 12.1 Å². The number of carboxylic acid groups (broad SMARTS) is 1. The van der Waals surface area contributed by atoms with Gasteiger partial charge in [-0.3, -0.25) is 39.5 Å². The number of nitrogens with zero attached hydrogens (tertiary/aromatic N) is 3. The van der Waals surface area contributed by atoms with E-state index in [0.29, 0.717) is 49.0 Å². The summed E-state index contributed by atoms with van der Waals surface area (Å²) in [5.41, 5.74) is 0.782. The highest BCUT2D eigenvalue weighted by Crippen LogP contribution is 2.37. The van der Waals surface area contributed by atoms with E-state index in [1.165, 1.54) is 4.90 Å². The van der Waals surface area contributed by atoms with E-state index in [0.717, 1.165) is 47.5 Å². The Labute approximate surface area is 439 Å². The Bertz CT molecular complexity index is 2420. The molecule has 1 atom stereocenters. The van der Waals surface area contributed by atoms with Gasteiger partial charge in [0.1, 0.15) is 37.3 Å². The third-order valence-corrected chi connectivity index (χ3v) is 9.85. The zero-order chi connectivity index (χ0) is 56.2. The first-order chi connectivity index (χ1) is 33.2. The van der Waals surface area contributed by atoms with Crippen LogP contribution in [0.4, 0.5) is 24.5 Å². The molecule has 0 aliphatic rings. The SMILES string of the molecule is C=CCN(CC=C)C(=O)C(Cl)Cl.CCOCN(C(=O)CCl)c1c(C)cccc1CC.CS(=O)(=O)NC(=O)c1cc(Oc2ccc(C(F)(F)F)cc2Cl)ccc1[N+](=O)[O-].C[S+](C)C.O=C(O)CNCP(=O)([O-])O. The number of aryl methyl sites for hydroxylation is 2. The number of carboxylic acids is 1. The van der Waals surface area contributed by atoms with Crippen molar-refractivity contribution in [3.63, 3.8) is 0 Å². The predicted octanol–water partition coefficient (Wildman–Crippen LogP) is 7.52. The summed E-state index contributed by atoms with van der Waals surface area (Å²) in [4.78, 5) is 75.1.